The maximum absolute atomic E-state index is 9.95. The molecule has 0 aromatic heterocycles. The second-order valence-electron chi connectivity index (χ2n) is 7.32. The zero-order chi connectivity index (χ0) is 13.3. The molecule has 1 N–H and O–H groups in total. The van der Waals surface area contributed by atoms with Crippen LogP contribution in [0.25, 0.3) is 0 Å². The molecule has 2 saturated carbocycles. The SMILES string of the molecule is CC1CC(CN(C)C2CC(O)CCC2C(C)C)C1. The lowest BCUT2D eigenvalue weighted by Gasteiger charge is -2.45. The van der Waals surface area contributed by atoms with Gasteiger partial charge in [0.2, 0.25) is 0 Å². The van der Waals surface area contributed by atoms with Crippen LogP contribution < -0.4 is 0 Å². The van der Waals surface area contributed by atoms with E-state index in [9.17, 15) is 5.11 Å². The van der Waals surface area contributed by atoms with Gasteiger partial charge in [0.25, 0.3) is 0 Å². The van der Waals surface area contributed by atoms with Gasteiger partial charge in [-0.1, -0.05) is 20.8 Å². The van der Waals surface area contributed by atoms with E-state index in [0.29, 0.717) is 6.04 Å². The van der Waals surface area contributed by atoms with Gasteiger partial charge in [-0.15, -0.1) is 0 Å². The van der Waals surface area contributed by atoms with Crippen molar-refractivity contribution in [2.24, 2.45) is 23.7 Å². The van der Waals surface area contributed by atoms with E-state index in [4.69, 9.17) is 0 Å². The zero-order valence-corrected chi connectivity index (χ0v) is 12.6. The summed E-state index contributed by atoms with van der Waals surface area (Å²) in [4.78, 5) is 2.56. The van der Waals surface area contributed by atoms with E-state index in [1.54, 1.807) is 0 Å². The second-order valence-corrected chi connectivity index (χ2v) is 7.32. The number of aliphatic hydroxyl groups excluding tert-OH is 1. The summed E-state index contributed by atoms with van der Waals surface area (Å²) in [6.45, 7) is 8.28. The molecule has 0 aliphatic heterocycles. The van der Waals surface area contributed by atoms with E-state index in [1.807, 2.05) is 0 Å². The molecule has 0 spiro atoms. The number of hydrogen-bond donors (Lipinski definition) is 1. The summed E-state index contributed by atoms with van der Waals surface area (Å²) in [5.74, 6) is 3.37. The van der Waals surface area contributed by atoms with E-state index in [1.165, 1.54) is 25.8 Å². The smallest absolute Gasteiger partial charge is 0.0555 e. The molecule has 0 radical (unpaired) electrons. The molecule has 0 aromatic carbocycles. The summed E-state index contributed by atoms with van der Waals surface area (Å²) in [5, 5.41) is 9.95. The summed E-state index contributed by atoms with van der Waals surface area (Å²) < 4.78 is 0. The van der Waals surface area contributed by atoms with Crippen molar-refractivity contribution in [3.8, 4) is 0 Å². The maximum atomic E-state index is 9.95. The molecule has 3 atom stereocenters. The fourth-order valence-electron chi connectivity index (χ4n) is 4.19. The van der Waals surface area contributed by atoms with Gasteiger partial charge < -0.3 is 10.0 Å². The first-order valence-electron chi connectivity index (χ1n) is 7.85. The minimum atomic E-state index is -0.0623. The van der Waals surface area contributed by atoms with Crippen molar-refractivity contribution in [1.82, 2.24) is 4.90 Å². The Balaban J connectivity index is 1.89. The third-order valence-corrected chi connectivity index (χ3v) is 5.28. The first kappa shape index (κ1) is 14.3. The minimum Gasteiger partial charge on any atom is -0.393 e. The van der Waals surface area contributed by atoms with Crippen LogP contribution in [0.3, 0.4) is 0 Å². The standard InChI is InChI=1S/C16H31NO/c1-11(2)15-6-5-14(18)9-16(15)17(4)10-13-7-12(3)8-13/h11-16,18H,5-10H2,1-4H3. The van der Waals surface area contributed by atoms with Crippen LogP contribution in [0.2, 0.25) is 0 Å². The highest BCUT2D eigenvalue weighted by atomic mass is 16.3. The Morgan fingerprint density at radius 1 is 1.17 bits per heavy atom. The third kappa shape index (κ3) is 3.27. The van der Waals surface area contributed by atoms with Crippen LogP contribution in [-0.2, 0) is 0 Å². The van der Waals surface area contributed by atoms with Crippen LogP contribution in [0.4, 0.5) is 0 Å². The van der Waals surface area contributed by atoms with Gasteiger partial charge in [0.05, 0.1) is 6.10 Å². The number of aliphatic hydroxyl groups is 1. The van der Waals surface area contributed by atoms with E-state index in [0.717, 1.165) is 36.5 Å². The number of rotatable bonds is 4. The van der Waals surface area contributed by atoms with Gasteiger partial charge in [0, 0.05) is 12.6 Å². The quantitative estimate of drug-likeness (QED) is 0.832. The second kappa shape index (κ2) is 5.92. The van der Waals surface area contributed by atoms with Crippen LogP contribution in [0.15, 0.2) is 0 Å². The van der Waals surface area contributed by atoms with Crippen molar-refractivity contribution in [3.05, 3.63) is 0 Å². The molecule has 2 aliphatic rings. The predicted octanol–water partition coefficient (Wildman–Crippen LogP) is 3.15. The Morgan fingerprint density at radius 3 is 2.39 bits per heavy atom. The molecular formula is C16H31NO. The Hall–Kier alpha value is -0.0800. The van der Waals surface area contributed by atoms with Crippen molar-refractivity contribution < 1.29 is 5.11 Å². The van der Waals surface area contributed by atoms with Crippen molar-refractivity contribution in [1.29, 1.82) is 0 Å². The van der Waals surface area contributed by atoms with Gasteiger partial charge in [-0.25, -0.2) is 0 Å². The molecule has 106 valence electrons. The fraction of sp³-hybridized carbons (Fsp3) is 1.00. The summed E-state index contributed by atoms with van der Waals surface area (Å²) in [6, 6.07) is 0.602. The van der Waals surface area contributed by atoms with E-state index in [2.05, 4.69) is 32.7 Å². The molecule has 0 bridgehead atoms. The van der Waals surface area contributed by atoms with Gasteiger partial charge in [0.15, 0.2) is 0 Å². The highest BCUT2D eigenvalue weighted by molar-refractivity contribution is 4.89. The lowest BCUT2D eigenvalue weighted by molar-refractivity contribution is 0.00734. The molecule has 2 heteroatoms. The Kier molecular flexibility index (Phi) is 4.71. The summed E-state index contributed by atoms with van der Waals surface area (Å²) in [6.07, 6.45) is 5.95. The van der Waals surface area contributed by atoms with Crippen LogP contribution in [0.1, 0.15) is 52.9 Å². The summed E-state index contributed by atoms with van der Waals surface area (Å²) in [5.41, 5.74) is 0. The molecule has 3 unspecified atom stereocenters. The zero-order valence-electron chi connectivity index (χ0n) is 12.6. The predicted molar refractivity (Wildman–Crippen MR) is 76.5 cm³/mol. The average Bonchev–Trinajstić information content (AvgIpc) is 2.26. The number of nitrogens with zero attached hydrogens (tertiary/aromatic N) is 1. The van der Waals surface area contributed by atoms with E-state index in [-0.39, 0.29) is 6.10 Å². The summed E-state index contributed by atoms with van der Waals surface area (Å²) in [7, 11) is 2.28. The number of hydrogen-bond acceptors (Lipinski definition) is 2. The molecule has 2 nitrogen and oxygen atoms in total. The van der Waals surface area contributed by atoms with Crippen molar-refractivity contribution in [3.63, 3.8) is 0 Å². The normalized spacial score (nSPS) is 41.2. The molecule has 0 heterocycles. The third-order valence-electron chi connectivity index (χ3n) is 5.28. The molecule has 0 saturated heterocycles. The highest BCUT2D eigenvalue weighted by Gasteiger charge is 2.36. The Labute approximate surface area is 113 Å². The van der Waals surface area contributed by atoms with Crippen LogP contribution in [0.5, 0.6) is 0 Å². The van der Waals surface area contributed by atoms with Gasteiger partial charge in [-0.2, -0.15) is 0 Å². The molecule has 0 aromatic rings. The maximum Gasteiger partial charge on any atom is 0.0555 e. The van der Waals surface area contributed by atoms with Crippen LogP contribution >= 0.6 is 0 Å². The average molecular weight is 253 g/mol. The molecule has 2 fully saturated rings. The molecular weight excluding hydrogens is 222 g/mol. The van der Waals surface area contributed by atoms with E-state index < -0.39 is 0 Å². The fourth-order valence-corrected chi connectivity index (χ4v) is 4.19. The first-order valence-corrected chi connectivity index (χ1v) is 7.85. The largest absolute Gasteiger partial charge is 0.393 e. The van der Waals surface area contributed by atoms with Gasteiger partial charge in [-0.05, 0) is 62.8 Å². The summed E-state index contributed by atoms with van der Waals surface area (Å²) >= 11 is 0. The van der Waals surface area contributed by atoms with Crippen molar-refractivity contribution in [2.45, 2.75) is 65.0 Å². The van der Waals surface area contributed by atoms with Gasteiger partial charge >= 0.3 is 0 Å². The Bertz CT molecular complexity index is 260. The van der Waals surface area contributed by atoms with Crippen molar-refractivity contribution in [2.75, 3.05) is 13.6 Å². The van der Waals surface area contributed by atoms with Crippen LogP contribution in [-0.4, -0.2) is 35.7 Å². The van der Waals surface area contributed by atoms with E-state index >= 15 is 0 Å². The molecule has 2 rings (SSSR count). The molecule has 2 aliphatic carbocycles. The Morgan fingerprint density at radius 2 is 1.83 bits per heavy atom. The lowest BCUT2D eigenvalue weighted by atomic mass is 9.73. The highest BCUT2D eigenvalue weighted by Crippen LogP contribution is 2.37. The van der Waals surface area contributed by atoms with Gasteiger partial charge in [-0.3, -0.25) is 0 Å². The minimum absolute atomic E-state index is 0.0623. The lowest BCUT2D eigenvalue weighted by Crippen LogP contribution is -2.48. The van der Waals surface area contributed by atoms with Gasteiger partial charge in [0.1, 0.15) is 0 Å². The molecule has 0 amide bonds. The molecule has 18 heavy (non-hydrogen) atoms. The van der Waals surface area contributed by atoms with Crippen LogP contribution in [0, 0.1) is 23.7 Å². The monoisotopic (exact) mass is 253 g/mol. The topological polar surface area (TPSA) is 23.5 Å². The first-order chi connectivity index (χ1) is 8.47. The van der Waals surface area contributed by atoms with Crippen molar-refractivity contribution >= 4 is 0 Å².